The summed E-state index contributed by atoms with van der Waals surface area (Å²) in [7, 11) is 0. The van der Waals surface area contributed by atoms with Crippen LogP contribution in [0.25, 0.3) is 0 Å². The summed E-state index contributed by atoms with van der Waals surface area (Å²) in [6, 6.07) is 2.27. The fourth-order valence-corrected chi connectivity index (χ4v) is 2.19. The third-order valence-electron chi connectivity index (χ3n) is 1.97. The fourth-order valence-electron chi connectivity index (χ4n) is 1.22. The summed E-state index contributed by atoms with van der Waals surface area (Å²) in [5.74, 6) is 0. The minimum atomic E-state index is -4.38. The van der Waals surface area contributed by atoms with Crippen LogP contribution in [-0.2, 0) is 12.7 Å². The Kier molecular flexibility index (Phi) is 3.40. The third kappa shape index (κ3) is 2.88. The van der Waals surface area contributed by atoms with Crippen molar-refractivity contribution in [1.29, 1.82) is 0 Å². The van der Waals surface area contributed by atoms with E-state index in [9.17, 15) is 18.0 Å². The van der Waals surface area contributed by atoms with Crippen LogP contribution in [-0.4, -0.2) is 14.8 Å². The predicted molar refractivity (Wildman–Crippen MR) is 59.7 cm³/mol. The van der Waals surface area contributed by atoms with Gasteiger partial charge in [0.05, 0.1) is 12.7 Å². The summed E-state index contributed by atoms with van der Waals surface area (Å²) >= 11 is 6.01. The molecule has 2 rings (SSSR count). The highest BCUT2D eigenvalue weighted by Gasteiger charge is 2.32. The third-order valence-corrected chi connectivity index (χ3v) is 3.27. The number of nitrogens with zero attached hydrogens (tertiary/aromatic N) is 3. The molecular formula is C9H5ClF3N3OS. The molecule has 2 aromatic heterocycles. The molecule has 0 aliphatic rings. The molecule has 0 atom stereocenters. The highest BCUT2D eigenvalue weighted by Crippen LogP contribution is 2.34. The van der Waals surface area contributed by atoms with Crippen LogP contribution in [0.4, 0.5) is 13.2 Å². The van der Waals surface area contributed by atoms with E-state index in [4.69, 9.17) is 11.6 Å². The van der Waals surface area contributed by atoms with Crippen molar-refractivity contribution in [2.75, 3.05) is 0 Å². The van der Waals surface area contributed by atoms with Gasteiger partial charge in [0.25, 0.3) is 0 Å². The maximum Gasteiger partial charge on any atom is 0.425 e. The van der Waals surface area contributed by atoms with E-state index in [2.05, 4.69) is 10.1 Å². The Morgan fingerprint density at radius 1 is 1.39 bits per heavy atom. The van der Waals surface area contributed by atoms with Crippen LogP contribution >= 0.6 is 22.9 Å². The van der Waals surface area contributed by atoms with Crippen LogP contribution in [0.3, 0.4) is 0 Å². The number of thiophene rings is 1. The summed E-state index contributed by atoms with van der Waals surface area (Å²) in [5, 5.41) is 3.62. The second kappa shape index (κ2) is 4.69. The molecule has 2 aromatic rings. The van der Waals surface area contributed by atoms with Crippen LogP contribution in [0, 0.1) is 0 Å². The lowest BCUT2D eigenvalue weighted by molar-refractivity contribution is -0.134. The summed E-state index contributed by atoms with van der Waals surface area (Å²) in [5.41, 5.74) is -0.704. The highest BCUT2D eigenvalue weighted by molar-refractivity contribution is 7.12. The zero-order chi connectivity index (χ0) is 13.3. The number of halogens is 4. The zero-order valence-corrected chi connectivity index (χ0v) is 10.2. The molecular weight excluding hydrogens is 291 g/mol. The Bertz CT molecular complexity index is 622. The smallest absolute Gasteiger partial charge is 0.244 e. The van der Waals surface area contributed by atoms with Gasteiger partial charge < -0.3 is 0 Å². The molecule has 0 fully saturated rings. The maximum atomic E-state index is 12.4. The standard InChI is InChI=1S/C9H5ClF3N3OS/c10-7-3-14-16(8(17)15-7)4-5-1-2-6(18-5)9(11,12)13/h1-3H,4H2. The van der Waals surface area contributed by atoms with Crippen molar-refractivity contribution >= 4 is 22.9 Å². The van der Waals surface area contributed by atoms with Gasteiger partial charge in [-0.3, -0.25) is 0 Å². The molecule has 0 aliphatic carbocycles. The number of hydrogen-bond donors (Lipinski definition) is 0. The van der Waals surface area contributed by atoms with Crippen molar-refractivity contribution in [2.45, 2.75) is 12.7 Å². The largest absolute Gasteiger partial charge is 0.425 e. The van der Waals surface area contributed by atoms with E-state index in [0.717, 1.165) is 16.9 Å². The van der Waals surface area contributed by atoms with Gasteiger partial charge in [-0.05, 0) is 12.1 Å². The quantitative estimate of drug-likeness (QED) is 0.855. The first kappa shape index (κ1) is 13.0. The van der Waals surface area contributed by atoms with Gasteiger partial charge in [-0.25, -0.2) is 9.48 Å². The number of rotatable bonds is 2. The van der Waals surface area contributed by atoms with E-state index < -0.39 is 16.7 Å². The molecule has 0 spiro atoms. The lowest BCUT2D eigenvalue weighted by Gasteiger charge is -2.02. The second-order valence-electron chi connectivity index (χ2n) is 3.28. The van der Waals surface area contributed by atoms with Gasteiger partial charge in [0.2, 0.25) is 0 Å². The molecule has 96 valence electrons. The monoisotopic (exact) mass is 295 g/mol. The fraction of sp³-hybridized carbons (Fsp3) is 0.222. The Labute approximate surface area is 108 Å². The van der Waals surface area contributed by atoms with Crippen molar-refractivity contribution in [2.24, 2.45) is 0 Å². The first-order chi connectivity index (χ1) is 8.36. The average Bonchev–Trinajstić information content (AvgIpc) is 2.70. The zero-order valence-electron chi connectivity index (χ0n) is 8.61. The van der Waals surface area contributed by atoms with Crippen molar-refractivity contribution < 1.29 is 13.2 Å². The van der Waals surface area contributed by atoms with Crippen LogP contribution in [0.1, 0.15) is 9.75 Å². The Morgan fingerprint density at radius 2 is 2.11 bits per heavy atom. The minimum absolute atomic E-state index is 0.0570. The summed E-state index contributed by atoms with van der Waals surface area (Å²) in [6.07, 6.45) is -3.22. The SMILES string of the molecule is O=c1nc(Cl)cnn1Cc1ccc(C(F)(F)F)s1. The van der Waals surface area contributed by atoms with Gasteiger partial charge in [0.15, 0.2) is 5.15 Å². The number of aromatic nitrogens is 3. The van der Waals surface area contributed by atoms with E-state index in [1.165, 1.54) is 6.07 Å². The molecule has 0 bridgehead atoms. The summed E-state index contributed by atoms with van der Waals surface area (Å²) < 4.78 is 38.0. The van der Waals surface area contributed by atoms with Crippen LogP contribution in [0.2, 0.25) is 5.15 Å². The van der Waals surface area contributed by atoms with Crippen molar-refractivity contribution in [3.05, 3.63) is 43.7 Å². The molecule has 9 heteroatoms. The molecule has 2 heterocycles. The van der Waals surface area contributed by atoms with E-state index in [1.54, 1.807) is 0 Å². The highest BCUT2D eigenvalue weighted by atomic mass is 35.5. The van der Waals surface area contributed by atoms with Gasteiger partial charge >= 0.3 is 11.9 Å². The van der Waals surface area contributed by atoms with Crippen LogP contribution in [0.5, 0.6) is 0 Å². The number of alkyl halides is 3. The van der Waals surface area contributed by atoms with Crippen molar-refractivity contribution in [1.82, 2.24) is 14.8 Å². The number of hydrogen-bond acceptors (Lipinski definition) is 4. The van der Waals surface area contributed by atoms with E-state index >= 15 is 0 Å². The molecule has 4 nitrogen and oxygen atoms in total. The Balaban J connectivity index is 2.24. The normalized spacial score (nSPS) is 11.8. The molecule has 18 heavy (non-hydrogen) atoms. The predicted octanol–water partition coefficient (Wildman–Crippen LogP) is 2.42. The molecule has 0 unspecified atom stereocenters. The molecule has 0 aromatic carbocycles. The van der Waals surface area contributed by atoms with E-state index in [1.807, 2.05) is 0 Å². The summed E-state index contributed by atoms with van der Waals surface area (Å²) in [4.78, 5) is 14.4. The first-order valence-electron chi connectivity index (χ1n) is 4.62. The van der Waals surface area contributed by atoms with E-state index in [-0.39, 0.29) is 11.7 Å². The summed E-state index contributed by atoms with van der Waals surface area (Å²) in [6.45, 7) is -0.0657. The van der Waals surface area contributed by atoms with Gasteiger partial charge in [-0.1, -0.05) is 11.6 Å². The Morgan fingerprint density at radius 3 is 2.67 bits per heavy atom. The lowest BCUT2D eigenvalue weighted by Crippen LogP contribution is -2.25. The first-order valence-corrected chi connectivity index (χ1v) is 5.81. The van der Waals surface area contributed by atoms with Gasteiger partial charge in [0.1, 0.15) is 4.88 Å². The van der Waals surface area contributed by atoms with Gasteiger partial charge in [0, 0.05) is 4.88 Å². The second-order valence-corrected chi connectivity index (χ2v) is 4.84. The Hall–Kier alpha value is -1.41. The minimum Gasteiger partial charge on any atom is -0.244 e. The molecule has 0 radical (unpaired) electrons. The maximum absolute atomic E-state index is 12.4. The molecule has 0 N–H and O–H groups in total. The van der Waals surface area contributed by atoms with Crippen molar-refractivity contribution in [3.63, 3.8) is 0 Å². The van der Waals surface area contributed by atoms with Crippen LogP contribution in [0.15, 0.2) is 23.1 Å². The molecule has 0 aliphatic heterocycles. The average molecular weight is 296 g/mol. The van der Waals surface area contributed by atoms with Crippen molar-refractivity contribution in [3.8, 4) is 0 Å². The molecule has 0 saturated carbocycles. The van der Waals surface area contributed by atoms with Gasteiger partial charge in [-0.15, -0.1) is 11.3 Å². The molecule has 0 amide bonds. The van der Waals surface area contributed by atoms with Gasteiger partial charge in [-0.2, -0.15) is 23.3 Å². The van der Waals surface area contributed by atoms with Crippen LogP contribution < -0.4 is 5.69 Å². The van der Waals surface area contributed by atoms with E-state index in [0.29, 0.717) is 16.2 Å². The lowest BCUT2D eigenvalue weighted by atomic mass is 10.4. The molecule has 0 saturated heterocycles. The topological polar surface area (TPSA) is 47.8 Å².